The van der Waals surface area contributed by atoms with Gasteiger partial charge in [-0.1, -0.05) is 45.9 Å². The van der Waals surface area contributed by atoms with Gasteiger partial charge >= 0.3 is 0 Å². The number of nitrogens with one attached hydrogen (secondary N) is 12. The molecule has 11 amide bonds. The summed E-state index contributed by atoms with van der Waals surface area (Å²) in [5, 5.41) is 35.2. The number of aliphatic hydroxyl groups is 1. The number of aliphatic imine (C=N–C) groups is 1. The van der Waals surface area contributed by atoms with Gasteiger partial charge in [-0.3, -0.25) is 57.7 Å². The molecule has 4 aromatic rings. The van der Waals surface area contributed by atoms with Crippen molar-refractivity contribution in [2.45, 2.75) is 153 Å². The van der Waals surface area contributed by atoms with Crippen LogP contribution in [-0.4, -0.2) is 186 Å². The van der Waals surface area contributed by atoms with Gasteiger partial charge in [-0.2, -0.15) is 0 Å². The highest BCUT2D eigenvalue weighted by Crippen LogP contribution is 2.22. The average molecular weight is 1210 g/mol. The molecular formula is C56H81N19O12. The van der Waals surface area contributed by atoms with Crippen LogP contribution in [0.2, 0.25) is 0 Å². The molecule has 472 valence electrons. The van der Waals surface area contributed by atoms with Gasteiger partial charge in [-0.15, -0.1) is 0 Å². The first kappa shape index (κ1) is 66.7. The number of aliphatic hydroxyl groups excluding tert-OH is 1. The minimum atomic E-state index is -1.74. The molecule has 2 aliphatic rings. The number of guanidine groups is 1. The monoisotopic (exact) mass is 1210 g/mol. The Morgan fingerprint density at radius 1 is 0.667 bits per heavy atom. The zero-order chi connectivity index (χ0) is 63.3. The van der Waals surface area contributed by atoms with Crippen LogP contribution in [0.1, 0.15) is 96.0 Å². The number of H-pyrrole nitrogens is 3. The highest BCUT2D eigenvalue weighted by molar-refractivity contribution is 5.99. The van der Waals surface area contributed by atoms with E-state index in [-0.39, 0.29) is 101 Å². The molecule has 0 aliphatic carbocycles. The Labute approximate surface area is 501 Å². The van der Waals surface area contributed by atoms with E-state index in [1.807, 2.05) is 19.9 Å². The molecule has 3 aromatic heterocycles. The van der Waals surface area contributed by atoms with E-state index in [1.165, 1.54) is 29.9 Å². The van der Waals surface area contributed by atoms with Crippen molar-refractivity contribution in [1.29, 1.82) is 0 Å². The SMILES string of the molecule is CC(C)C[C@H](NC(=O)[C@@H](CC(C)C)NC(=O)[C@H](Cc1cnc[nH]1)NC(=O)[C@H](CO)NC(=O)[C@H](Cc1c[nH]c2ccccc12)NC(=O)[C@H](Cc1cnc[nH]1)NC(=O)[C@@H]1CCC(=O)N1)C(=O)N[C@@H](CCCN=C(N)N)C(=O)N1CCC[C@H]1C(=O)NCC(N)=O. The standard InChI is InChI=1S/C56H81N19O12/c1-29(2)17-38(48(80)68-37(11-7-15-62-56(58)59)55(87)75-16-8-12-44(75)54(86)64-25-45(57)77)69-49(81)39(18-30(3)4)70-51(83)42(21-33-24-61-28-66-33)73-53(85)43(26-76)74-50(82)40(19-31-22-63-35-10-6-5-9-34(31)35)71-52(84)41(20-32-23-60-27-65-32)72-47(79)36-13-14-46(78)67-36/h5-6,9-10,22-24,27-30,36-44,63,76H,7-8,11-21,25-26H2,1-4H3,(H2,57,77)(H,60,65)(H,61,66)(H,64,86)(H,67,78)(H,68,80)(H,69,81)(H,70,83)(H,71,84)(H,72,79)(H,73,85)(H,74,82)(H4,58,59,62)/t36-,37-,38-,39+,40-,41-,42-,43-,44-/m0/s1. The number of imidazole rings is 2. The first-order chi connectivity index (χ1) is 41.5. The Kier molecular flexibility index (Phi) is 24.7. The zero-order valence-corrected chi connectivity index (χ0v) is 49.1. The Bertz CT molecular complexity index is 3070. The number of fused-ring (bicyclic) bond motifs is 1. The fraction of sp³-hybridized carbons (Fsp3) is 0.536. The lowest BCUT2D eigenvalue weighted by Crippen LogP contribution is -2.61. The smallest absolute Gasteiger partial charge is 0.245 e. The van der Waals surface area contributed by atoms with E-state index in [4.69, 9.17) is 17.2 Å². The summed E-state index contributed by atoms with van der Waals surface area (Å²) in [7, 11) is 0. The lowest BCUT2D eigenvalue weighted by molar-refractivity contribution is -0.142. The van der Waals surface area contributed by atoms with Gasteiger partial charge in [0.25, 0.3) is 0 Å². The molecule has 9 atom stereocenters. The molecule has 0 unspecified atom stereocenters. The van der Waals surface area contributed by atoms with Gasteiger partial charge in [0.2, 0.25) is 65.0 Å². The molecule has 0 spiro atoms. The third kappa shape index (κ3) is 20.1. The number of hydrogen-bond acceptors (Lipinski definition) is 15. The number of carbonyl (C=O) groups excluding carboxylic acids is 11. The van der Waals surface area contributed by atoms with Gasteiger partial charge in [0.1, 0.15) is 54.4 Å². The number of primary amides is 1. The van der Waals surface area contributed by atoms with E-state index in [0.717, 1.165) is 5.52 Å². The van der Waals surface area contributed by atoms with Crippen molar-refractivity contribution in [2.24, 2.45) is 34.0 Å². The minimum Gasteiger partial charge on any atom is -0.394 e. The van der Waals surface area contributed by atoms with Gasteiger partial charge in [-0.05, 0) is 68.4 Å². The van der Waals surface area contributed by atoms with Crippen LogP contribution in [0.3, 0.4) is 0 Å². The van der Waals surface area contributed by atoms with Gasteiger partial charge in [-0.25, -0.2) is 9.97 Å². The fourth-order valence-corrected chi connectivity index (χ4v) is 10.3. The van der Waals surface area contributed by atoms with Crippen LogP contribution >= 0.6 is 0 Å². The largest absolute Gasteiger partial charge is 0.394 e. The van der Waals surface area contributed by atoms with Crippen molar-refractivity contribution in [3.05, 3.63) is 72.5 Å². The van der Waals surface area contributed by atoms with Crippen molar-refractivity contribution >= 4 is 81.8 Å². The summed E-state index contributed by atoms with van der Waals surface area (Å²) < 4.78 is 0. The maximum Gasteiger partial charge on any atom is 0.245 e. The maximum absolute atomic E-state index is 14.6. The predicted molar refractivity (Wildman–Crippen MR) is 314 cm³/mol. The fourth-order valence-electron chi connectivity index (χ4n) is 10.3. The number of amides is 11. The quantitative estimate of drug-likeness (QED) is 0.0123. The summed E-state index contributed by atoms with van der Waals surface area (Å²) >= 11 is 0. The zero-order valence-electron chi connectivity index (χ0n) is 49.1. The van der Waals surface area contributed by atoms with E-state index >= 15 is 0 Å². The third-order valence-electron chi connectivity index (χ3n) is 14.6. The summed E-state index contributed by atoms with van der Waals surface area (Å²) in [4.78, 5) is 173. The summed E-state index contributed by atoms with van der Waals surface area (Å²) in [5.41, 5.74) is 18.4. The lowest BCUT2D eigenvalue weighted by Gasteiger charge is -2.31. The lowest BCUT2D eigenvalue weighted by atomic mass is 9.99. The van der Waals surface area contributed by atoms with Gasteiger partial charge < -0.3 is 90.0 Å². The first-order valence-corrected chi connectivity index (χ1v) is 28.9. The van der Waals surface area contributed by atoms with Crippen molar-refractivity contribution in [3.63, 3.8) is 0 Å². The summed E-state index contributed by atoms with van der Waals surface area (Å²) in [6.07, 6.45) is 8.10. The molecule has 2 fully saturated rings. The number of nitrogens with two attached hydrogens (primary N) is 3. The van der Waals surface area contributed by atoms with Crippen LogP contribution in [0.25, 0.3) is 10.9 Å². The molecule has 6 rings (SSSR count). The number of likely N-dealkylation sites (tertiary alicyclic amines) is 1. The van der Waals surface area contributed by atoms with Crippen LogP contribution < -0.4 is 65.1 Å². The number of nitrogens with zero attached hydrogens (tertiary/aromatic N) is 4. The maximum atomic E-state index is 14.6. The molecule has 2 aliphatic heterocycles. The Hall–Kier alpha value is -9.42. The second-order valence-corrected chi connectivity index (χ2v) is 22.5. The molecule has 0 bridgehead atoms. The number of carbonyl (C=O) groups is 11. The van der Waals surface area contributed by atoms with E-state index in [0.29, 0.717) is 28.8 Å². The van der Waals surface area contributed by atoms with E-state index in [1.54, 1.807) is 38.2 Å². The van der Waals surface area contributed by atoms with Crippen LogP contribution in [-0.2, 0) is 72.0 Å². The van der Waals surface area contributed by atoms with Crippen LogP contribution in [0, 0.1) is 11.8 Å². The van der Waals surface area contributed by atoms with Crippen molar-refractivity contribution in [3.8, 4) is 0 Å². The van der Waals surface area contributed by atoms with Crippen molar-refractivity contribution in [2.75, 3.05) is 26.2 Å². The second-order valence-electron chi connectivity index (χ2n) is 22.5. The first-order valence-electron chi connectivity index (χ1n) is 28.9. The number of aromatic amines is 3. The van der Waals surface area contributed by atoms with E-state index < -0.39 is 127 Å². The normalized spacial score (nSPS) is 17.1. The number of para-hydroxylation sites is 1. The third-order valence-corrected chi connectivity index (χ3v) is 14.6. The molecule has 5 heterocycles. The van der Waals surface area contributed by atoms with Gasteiger partial charge in [0.05, 0.1) is 25.8 Å². The molecule has 2 saturated heterocycles. The molecular weight excluding hydrogens is 1130 g/mol. The Balaban J connectivity index is 1.20. The number of rotatable bonds is 33. The molecule has 19 N–H and O–H groups in total. The van der Waals surface area contributed by atoms with E-state index in [2.05, 4.69) is 77.8 Å². The number of hydrogen-bond donors (Lipinski definition) is 16. The van der Waals surface area contributed by atoms with Crippen LogP contribution in [0.5, 0.6) is 0 Å². The molecule has 0 saturated carbocycles. The topological polar surface area (TPSA) is 483 Å². The molecule has 1 aromatic carbocycles. The highest BCUT2D eigenvalue weighted by Gasteiger charge is 2.40. The average Bonchev–Trinajstić information content (AvgIpc) is 3.81. The molecule has 0 radical (unpaired) electrons. The predicted octanol–water partition coefficient (Wildman–Crippen LogP) is -3.96. The van der Waals surface area contributed by atoms with Crippen LogP contribution in [0.15, 0.2) is 60.5 Å². The summed E-state index contributed by atoms with van der Waals surface area (Å²) in [6.45, 7) is 6.03. The summed E-state index contributed by atoms with van der Waals surface area (Å²) in [5.74, 6) is -8.77. The number of benzene rings is 1. The van der Waals surface area contributed by atoms with Crippen LogP contribution in [0.4, 0.5) is 0 Å². The number of aromatic nitrogens is 5. The van der Waals surface area contributed by atoms with Crippen molar-refractivity contribution in [1.82, 2.24) is 77.7 Å². The molecule has 87 heavy (non-hydrogen) atoms. The Morgan fingerprint density at radius 3 is 1.72 bits per heavy atom. The molecule has 31 heteroatoms. The van der Waals surface area contributed by atoms with Crippen molar-refractivity contribution < 1.29 is 57.8 Å². The van der Waals surface area contributed by atoms with E-state index in [9.17, 15) is 57.8 Å². The molecule has 31 nitrogen and oxygen atoms in total. The van der Waals surface area contributed by atoms with Gasteiger partial charge in [0, 0.05) is 79.7 Å². The second kappa shape index (κ2) is 32.2. The minimum absolute atomic E-state index is 0.0208. The Morgan fingerprint density at radius 2 is 1.20 bits per heavy atom. The van der Waals surface area contributed by atoms with Gasteiger partial charge in [0.15, 0.2) is 5.96 Å². The highest BCUT2D eigenvalue weighted by atomic mass is 16.3. The summed E-state index contributed by atoms with van der Waals surface area (Å²) in [6, 6.07) is -4.50.